The number of carbonyl (C=O) groups is 1. The number of aliphatic hydroxyl groups excluding tert-OH is 1. The number of likely N-dealkylation sites (tertiary alicyclic amines) is 1. The molecule has 0 radical (unpaired) electrons. The number of amides is 1. The fourth-order valence-corrected chi connectivity index (χ4v) is 3.36. The van der Waals surface area contributed by atoms with Crippen LogP contribution in [0.5, 0.6) is 0 Å². The van der Waals surface area contributed by atoms with E-state index in [0.29, 0.717) is 12.8 Å². The van der Waals surface area contributed by atoms with Gasteiger partial charge in [-0.05, 0) is 38.5 Å². The summed E-state index contributed by atoms with van der Waals surface area (Å²) < 4.78 is 0. The molecule has 0 aromatic rings. The Kier molecular flexibility index (Phi) is 7.01. The standard InChI is InChI=1S/C16H28N2O2/c1-3-9-16(13-17,10-4-2)15(20)18-11-5-7-14(18)8-6-12-19/h14,19H,3-12H2,1-2H3. The van der Waals surface area contributed by atoms with Gasteiger partial charge in [0.25, 0.3) is 0 Å². The Morgan fingerprint density at radius 1 is 1.40 bits per heavy atom. The Balaban J connectivity index is 2.85. The molecule has 1 fully saturated rings. The van der Waals surface area contributed by atoms with E-state index in [1.807, 2.05) is 18.7 Å². The lowest BCUT2D eigenvalue weighted by atomic mass is 9.79. The first-order valence-corrected chi connectivity index (χ1v) is 7.98. The van der Waals surface area contributed by atoms with Crippen LogP contribution in [-0.2, 0) is 4.79 Å². The van der Waals surface area contributed by atoms with Crippen LogP contribution in [-0.4, -0.2) is 35.1 Å². The van der Waals surface area contributed by atoms with E-state index in [0.717, 1.165) is 45.1 Å². The lowest BCUT2D eigenvalue weighted by Gasteiger charge is -2.33. The van der Waals surface area contributed by atoms with E-state index in [9.17, 15) is 10.1 Å². The second-order valence-electron chi connectivity index (χ2n) is 5.85. The minimum Gasteiger partial charge on any atom is -0.396 e. The van der Waals surface area contributed by atoms with Crippen molar-refractivity contribution in [1.82, 2.24) is 4.90 Å². The topological polar surface area (TPSA) is 64.3 Å². The molecule has 1 N–H and O–H groups in total. The smallest absolute Gasteiger partial charge is 0.243 e. The second-order valence-corrected chi connectivity index (χ2v) is 5.85. The molecule has 0 aromatic carbocycles. The van der Waals surface area contributed by atoms with Crippen LogP contribution in [0.2, 0.25) is 0 Å². The third-order valence-corrected chi connectivity index (χ3v) is 4.31. The van der Waals surface area contributed by atoms with Gasteiger partial charge in [-0.15, -0.1) is 0 Å². The highest BCUT2D eigenvalue weighted by Crippen LogP contribution is 2.35. The molecule has 1 aliphatic rings. The molecule has 0 saturated carbocycles. The molecule has 1 heterocycles. The number of nitrogens with zero attached hydrogens (tertiary/aromatic N) is 2. The predicted octanol–water partition coefficient (Wildman–Crippen LogP) is 2.86. The molecule has 1 aliphatic heterocycles. The third kappa shape index (κ3) is 3.73. The van der Waals surface area contributed by atoms with E-state index < -0.39 is 5.41 Å². The van der Waals surface area contributed by atoms with E-state index in [1.165, 1.54) is 0 Å². The Hall–Kier alpha value is -1.08. The molecular weight excluding hydrogens is 252 g/mol. The van der Waals surface area contributed by atoms with Crippen LogP contribution in [0, 0.1) is 16.7 Å². The summed E-state index contributed by atoms with van der Waals surface area (Å²) >= 11 is 0. The Bertz CT molecular complexity index is 343. The van der Waals surface area contributed by atoms with Crippen molar-refractivity contribution in [2.24, 2.45) is 5.41 Å². The number of hydrogen-bond acceptors (Lipinski definition) is 3. The van der Waals surface area contributed by atoms with E-state index in [4.69, 9.17) is 5.11 Å². The number of rotatable bonds is 8. The molecule has 0 spiro atoms. The van der Waals surface area contributed by atoms with Crippen molar-refractivity contribution >= 4 is 5.91 Å². The first-order chi connectivity index (χ1) is 9.65. The molecule has 1 unspecified atom stereocenters. The zero-order valence-corrected chi connectivity index (χ0v) is 12.9. The predicted molar refractivity (Wildman–Crippen MR) is 78.9 cm³/mol. The fraction of sp³-hybridized carbons (Fsp3) is 0.875. The van der Waals surface area contributed by atoms with Crippen LogP contribution < -0.4 is 0 Å². The number of nitriles is 1. The summed E-state index contributed by atoms with van der Waals surface area (Å²) in [6, 6.07) is 2.55. The van der Waals surface area contributed by atoms with E-state index in [2.05, 4.69) is 6.07 Å². The van der Waals surface area contributed by atoms with Gasteiger partial charge in [-0.1, -0.05) is 26.7 Å². The molecule has 1 amide bonds. The molecule has 1 saturated heterocycles. The van der Waals surface area contributed by atoms with Crippen molar-refractivity contribution in [3.8, 4) is 6.07 Å². The zero-order valence-electron chi connectivity index (χ0n) is 12.9. The van der Waals surface area contributed by atoms with Crippen molar-refractivity contribution in [1.29, 1.82) is 5.26 Å². The first kappa shape index (κ1) is 17.0. The molecule has 20 heavy (non-hydrogen) atoms. The van der Waals surface area contributed by atoms with Crippen LogP contribution in [0.15, 0.2) is 0 Å². The van der Waals surface area contributed by atoms with Crippen molar-refractivity contribution in [2.75, 3.05) is 13.2 Å². The van der Waals surface area contributed by atoms with Crippen LogP contribution in [0.3, 0.4) is 0 Å². The molecule has 0 aromatic heterocycles. The average molecular weight is 280 g/mol. The zero-order chi connectivity index (χ0) is 15.0. The van der Waals surface area contributed by atoms with Gasteiger partial charge in [0.2, 0.25) is 5.91 Å². The number of carbonyl (C=O) groups excluding carboxylic acids is 1. The Morgan fingerprint density at radius 3 is 2.55 bits per heavy atom. The maximum absolute atomic E-state index is 12.9. The first-order valence-electron chi connectivity index (χ1n) is 7.98. The molecule has 0 bridgehead atoms. The minimum atomic E-state index is -0.828. The fourth-order valence-electron chi connectivity index (χ4n) is 3.36. The highest BCUT2D eigenvalue weighted by atomic mass is 16.3. The van der Waals surface area contributed by atoms with Crippen molar-refractivity contribution in [3.63, 3.8) is 0 Å². The van der Waals surface area contributed by atoms with Gasteiger partial charge in [0, 0.05) is 19.2 Å². The molecule has 1 atom stereocenters. The highest BCUT2D eigenvalue weighted by molar-refractivity contribution is 5.86. The van der Waals surface area contributed by atoms with Gasteiger partial charge >= 0.3 is 0 Å². The van der Waals surface area contributed by atoms with Crippen LogP contribution >= 0.6 is 0 Å². The summed E-state index contributed by atoms with van der Waals surface area (Å²) in [7, 11) is 0. The number of hydrogen-bond donors (Lipinski definition) is 1. The molecule has 4 nitrogen and oxygen atoms in total. The third-order valence-electron chi connectivity index (χ3n) is 4.31. The molecule has 114 valence electrons. The molecular formula is C16H28N2O2. The van der Waals surface area contributed by atoms with Gasteiger partial charge in [-0.2, -0.15) is 5.26 Å². The molecule has 0 aliphatic carbocycles. The maximum atomic E-state index is 12.9. The quantitative estimate of drug-likeness (QED) is 0.743. The summed E-state index contributed by atoms with van der Waals surface area (Å²) in [5.74, 6) is 0.0316. The Morgan fingerprint density at radius 2 is 2.05 bits per heavy atom. The lowest BCUT2D eigenvalue weighted by Crippen LogP contribution is -2.45. The summed E-state index contributed by atoms with van der Waals surface area (Å²) in [5.41, 5.74) is -0.828. The van der Waals surface area contributed by atoms with Gasteiger partial charge < -0.3 is 10.0 Å². The van der Waals surface area contributed by atoms with Gasteiger partial charge in [-0.25, -0.2) is 0 Å². The minimum absolute atomic E-state index is 0.0316. The second kappa shape index (κ2) is 8.26. The summed E-state index contributed by atoms with van der Waals surface area (Å²) in [4.78, 5) is 14.8. The average Bonchev–Trinajstić information content (AvgIpc) is 2.92. The van der Waals surface area contributed by atoms with Gasteiger partial charge in [0.05, 0.1) is 6.07 Å². The van der Waals surface area contributed by atoms with Crippen molar-refractivity contribution in [3.05, 3.63) is 0 Å². The highest BCUT2D eigenvalue weighted by Gasteiger charge is 2.43. The van der Waals surface area contributed by atoms with Crippen LogP contribution in [0.4, 0.5) is 0 Å². The molecule has 4 heteroatoms. The summed E-state index contributed by atoms with van der Waals surface area (Å²) in [6.07, 6.45) is 6.62. The van der Waals surface area contributed by atoms with E-state index in [1.54, 1.807) is 0 Å². The largest absolute Gasteiger partial charge is 0.396 e. The van der Waals surface area contributed by atoms with E-state index >= 15 is 0 Å². The van der Waals surface area contributed by atoms with Crippen LogP contribution in [0.25, 0.3) is 0 Å². The van der Waals surface area contributed by atoms with Crippen molar-refractivity contribution < 1.29 is 9.90 Å². The SMILES string of the molecule is CCCC(C#N)(CCC)C(=O)N1CCCC1CCCO. The van der Waals surface area contributed by atoms with Gasteiger partial charge in [0.1, 0.15) is 5.41 Å². The summed E-state index contributed by atoms with van der Waals surface area (Å²) in [6.45, 7) is 5.00. The molecule has 1 rings (SSSR count). The number of aliphatic hydroxyl groups is 1. The van der Waals surface area contributed by atoms with Crippen LogP contribution in [0.1, 0.15) is 65.2 Å². The van der Waals surface area contributed by atoms with Gasteiger partial charge in [0.15, 0.2) is 0 Å². The van der Waals surface area contributed by atoms with Crippen molar-refractivity contribution in [2.45, 2.75) is 71.3 Å². The lowest BCUT2D eigenvalue weighted by molar-refractivity contribution is -0.141. The normalized spacial score (nSPS) is 19.1. The monoisotopic (exact) mass is 280 g/mol. The summed E-state index contributed by atoms with van der Waals surface area (Å²) in [5, 5.41) is 18.6. The van der Waals surface area contributed by atoms with Gasteiger partial charge in [-0.3, -0.25) is 4.79 Å². The maximum Gasteiger partial charge on any atom is 0.243 e. The van der Waals surface area contributed by atoms with E-state index in [-0.39, 0.29) is 18.6 Å². The Labute approximate surface area is 122 Å².